The quantitative estimate of drug-likeness (QED) is 0.943. The molecule has 2 rings (SSSR count). The summed E-state index contributed by atoms with van der Waals surface area (Å²) in [6.07, 6.45) is 2.10. The van der Waals surface area contributed by atoms with Gasteiger partial charge in [-0.25, -0.2) is 4.39 Å². The minimum absolute atomic E-state index is 0.107. The number of hydrogen-bond acceptors (Lipinski definition) is 3. The first-order chi connectivity index (χ1) is 9.92. The largest absolute Gasteiger partial charge is 0.456 e. The molecule has 6 heteroatoms. The van der Waals surface area contributed by atoms with E-state index in [0.717, 1.165) is 17.4 Å². The molecule has 1 aromatic heterocycles. The van der Waals surface area contributed by atoms with Crippen molar-refractivity contribution in [3.05, 3.63) is 47.2 Å². The number of rotatable bonds is 4. The number of benzene rings is 1. The van der Waals surface area contributed by atoms with Crippen molar-refractivity contribution in [1.82, 2.24) is 0 Å². The number of carbonyl (C=O) groups is 1. The highest BCUT2D eigenvalue weighted by atomic mass is 32.2. The summed E-state index contributed by atoms with van der Waals surface area (Å²) in [5, 5.41) is 2.56. The van der Waals surface area contributed by atoms with Crippen molar-refractivity contribution in [2.75, 3.05) is 11.6 Å². The molecule has 0 unspecified atom stereocenters. The van der Waals surface area contributed by atoms with Gasteiger partial charge in [0.05, 0.1) is 15.7 Å². The smallest absolute Gasteiger partial charge is 0.291 e. The molecule has 0 bridgehead atoms. The molecule has 112 valence electrons. The zero-order chi connectivity index (χ0) is 15.6. The van der Waals surface area contributed by atoms with Crippen LogP contribution in [0.3, 0.4) is 0 Å². The Labute approximate surface area is 124 Å². The molecule has 1 heterocycles. The lowest BCUT2D eigenvalue weighted by Gasteiger charge is -2.05. The molecule has 0 saturated heterocycles. The monoisotopic (exact) mass is 309 g/mol. The number of nitrogens with one attached hydrogen (secondary N) is 1. The molecule has 0 fully saturated rings. The van der Waals surface area contributed by atoms with Crippen LogP contribution in [0.2, 0.25) is 0 Å². The summed E-state index contributed by atoms with van der Waals surface area (Å²) in [4.78, 5) is 12.1. The molecule has 0 aliphatic rings. The molecule has 0 saturated carbocycles. The fraction of sp³-hybridized carbons (Fsp3) is 0.267. The van der Waals surface area contributed by atoms with E-state index in [9.17, 15) is 13.4 Å². The average Bonchev–Trinajstić information content (AvgIpc) is 2.79. The van der Waals surface area contributed by atoms with E-state index >= 15 is 0 Å². The predicted molar refractivity (Wildman–Crippen MR) is 79.5 cm³/mol. The number of hydrogen-bond donors (Lipinski definition) is 1. The standard InChI is InChI=1S/C15H16FNO3S/c1-4-12-9(2)7-13(20-12)15(18)17-10-5-6-14(21(3)19)11(16)8-10/h5-8H,4H2,1-3H3,(H,17,18)/t21-/m1/s1. The second-order valence-electron chi connectivity index (χ2n) is 4.62. The van der Waals surface area contributed by atoms with Gasteiger partial charge in [-0.1, -0.05) is 6.92 Å². The Morgan fingerprint density at radius 3 is 2.62 bits per heavy atom. The third kappa shape index (κ3) is 3.39. The van der Waals surface area contributed by atoms with Crippen LogP contribution in [0.25, 0.3) is 0 Å². The maximum Gasteiger partial charge on any atom is 0.291 e. The molecule has 0 radical (unpaired) electrons. The average molecular weight is 309 g/mol. The predicted octanol–water partition coefficient (Wildman–Crippen LogP) is 3.28. The lowest BCUT2D eigenvalue weighted by atomic mass is 10.2. The van der Waals surface area contributed by atoms with Crippen molar-refractivity contribution >= 4 is 22.4 Å². The number of amides is 1. The molecule has 1 N–H and O–H groups in total. The molecule has 0 aliphatic heterocycles. The van der Waals surface area contributed by atoms with E-state index < -0.39 is 22.5 Å². The number of furan rings is 1. The maximum atomic E-state index is 13.7. The Balaban J connectivity index is 2.19. The van der Waals surface area contributed by atoms with Gasteiger partial charge in [-0.05, 0) is 36.8 Å². The van der Waals surface area contributed by atoms with Crippen LogP contribution in [0.5, 0.6) is 0 Å². The van der Waals surface area contributed by atoms with E-state index in [2.05, 4.69) is 5.32 Å². The number of halogens is 1. The zero-order valence-electron chi connectivity index (χ0n) is 12.0. The fourth-order valence-corrected chi connectivity index (χ4v) is 2.58. The van der Waals surface area contributed by atoms with Crippen LogP contribution in [0.15, 0.2) is 33.6 Å². The third-order valence-electron chi connectivity index (χ3n) is 3.06. The lowest BCUT2D eigenvalue weighted by Crippen LogP contribution is -2.11. The van der Waals surface area contributed by atoms with Crippen LogP contribution >= 0.6 is 0 Å². The van der Waals surface area contributed by atoms with Crippen LogP contribution in [0.1, 0.15) is 28.8 Å². The summed E-state index contributed by atoms with van der Waals surface area (Å²) < 4.78 is 30.4. The van der Waals surface area contributed by atoms with Crippen molar-refractivity contribution < 1.29 is 17.8 Å². The highest BCUT2D eigenvalue weighted by molar-refractivity contribution is 7.84. The normalized spacial score (nSPS) is 12.2. The number of carbonyl (C=O) groups excluding carboxylic acids is 1. The highest BCUT2D eigenvalue weighted by Crippen LogP contribution is 2.20. The summed E-state index contributed by atoms with van der Waals surface area (Å²) in [6.45, 7) is 3.80. The minimum atomic E-state index is -1.40. The van der Waals surface area contributed by atoms with Crippen molar-refractivity contribution in [3.8, 4) is 0 Å². The Morgan fingerprint density at radius 1 is 1.38 bits per heavy atom. The van der Waals surface area contributed by atoms with Gasteiger partial charge in [-0.15, -0.1) is 0 Å². The summed E-state index contributed by atoms with van der Waals surface area (Å²) >= 11 is 0. The Hall–Kier alpha value is -1.95. The molecule has 4 nitrogen and oxygen atoms in total. The van der Waals surface area contributed by atoms with E-state index in [0.29, 0.717) is 12.1 Å². The zero-order valence-corrected chi connectivity index (χ0v) is 12.8. The van der Waals surface area contributed by atoms with Gasteiger partial charge in [0.15, 0.2) is 5.76 Å². The van der Waals surface area contributed by atoms with E-state index in [4.69, 9.17) is 4.42 Å². The van der Waals surface area contributed by atoms with Gasteiger partial charge in [0.2, 0.25) is 0 Å². The highest BCUT2D eigenvalue weighted by Gasteiger charge is 2.15. The van der Waals surface area contributed by atoms with Crippen molar-refractivity contribution in [3.63, 3.8) is 0 Å². The van der Waals surface area contributed by atoms with Crippen LogP contribution in [0.4, 0.5) is 10.1 Å². The fourth-order valence-electron chi connectivity index (χ4n) is 1.99. The first-order valence-corrected chi connectivity index (χ1v) is 8.01. The molecule has 0 aliphatic carbocycles. The lowest BCUT2D eigenvalue weighted by molar-refractivity contribution is 0.0995. The third-order valence-corrected chi connectivity index (χ3v) is 4.02. The first-order valence-electron chi connectivity index (χ1n) is 6.46. The van der Waals surface area contributed by atoms with E-state index in [-0.39, 0.29) is 10.7 Å². The van der Waals surface area contributed by atoms with Crippen LogP contribution in [-0.4, -0.2) is 16.4 Å². The SMILES string of the molecule is CCc1oc(C(=O)Nc2ccc([S@@](C)=O)c(F)c2)cc1C. The van der Waals surface area contributed by atoms with Gasteiger partial charge in [0.25, 0.3) is 5.91 Å². The second kappa shape index (κ2) is 6.22. The molecule has 1 atom stereocenters. The second-order valence-corrected chi connectivity index (χ2v) is 5.97. The number of aryl methyl sites for hydroxylation is 2. The maximum absolute atomic E-state index is 13.7. The van der Waals surface area contributed by atoms with E-state index in [1.54, 1.807) is 6.07 Å². The molecular weight excluding hydrogens is 293 g/mol. The Kier molecular flexibility index (Phi) is 4.57. The van der Waals surface area contributed by atoms with Crippen molar-refractivity contribution in [2.24, 2.45) is 0 Å². The van der Waals surface area contributed by atoms with Gasteiger partial charge in [0.1, 0.15) is 11.6 Å². The molecule has 1 aromatic carbocycles. The summed E-state index contributed by atoms with van der Waals surface area (Å²) in [7, 11) is -1.40. The number of anilines is 1. The van der Waals surface area contributed by atoms with Gasteiger partial charge < -0.3 is 9.73 Å². The summed E-state index contributed by atoms with van der Waals surface area (Å²) in [6, 6.07) is 5.70. The molecule has 2 aromatic rings. The summed E-state index contributed by atoms with van der Waals surface area (Å²) in [5.41, 5.74) is 1.20. The first kappa shape index (κ1) is 15.4. The van der Waals surface area contributed by atoms with Gasteiger partial charge in [-0.2, -0.15) is 0 Å². The van der Waals surface area contributed by atoms with Crippen molar-refractivity contribution in [1.29, 1.82) is 0 Å². The van der Waals surface area contributed by atoms with Crippen LogP contribution in [-0.2, 0) is 17.2 Å². The van der Waals surface area contributed by atoms with E-state index in [1.165, 1.54) is 18.4 Å². The van der Waals surface area contributed by atoms with Gasteiger partial charge in [0, 0.05) is 18.4 Å². The summed E-state index contributed by atoms with van der Waals surface area (Å²) in [5.74, 6) is -0.114. The van der Waals surface area contributed by atoms with Gasteiger partial charge >= 0.3 is 0 Å². The molecule has 1 amide bonds. The van der Waals surface area contributed by atoms with E-state index in [1.807, 2.05) is 13.8 Å². The van der Waals surface area contributed by atoms with Crippen molar-refractivity contribution in [2.45, 2.75) is 25.2 Å². The van der Waals surface area contributed by atoms with Crippen LogP contribution < -0.4 is 5.32 Å². The Morgan fingerprint density at radius 2 is 2.10 bits per heavy atom. The molecule has 21 heavy (non-hydrogen) atoms. The topological polar surface area (TPSA) is 59.3 Å². The minimum Gasteiger partial charge on any atom is -0.456 e. The molecular formula is C15H16FNO3S. The Bertz CT molecular complexity index is 709. The van der Waals surface area contributed by atoms with Gasteiger partial charge in [-0.3, -0.25) is 9.00 Å². The molecule has 0 spiro atoms. The van der Waals surface area contributed by atoms with Crippen LogP contribution in [0, 0.1) is 12.7 Å².